The van der Waals surface area contributed by atoms with Crippen LogP contribution >= 0.6 is 0 Å². The van der Waals surface area contributed by atoms with Gasteiger partial charge in [-0.3, -0.25) is 10.1 Å². The van der Waals surface area contributed by atoms with Crippen molar-refractivity contribution in [1.29, 1.82) is 0 Å². The van der Waals surface area contributed by atoms with Crippen LogP contribution in [0.5, 0.6) is 5.75 Å². The minimum Gasteiger partial charge on any atom is -0.488 e. The maximum Gasteiger partial charge on any atom is 0.363 e. The van der Waals surface area contributed by atoms with Crippen LogP contribution in [0, 0.1) is 17.0 Å². The van der Waals surface area contributed by atoms with E-state index in [4.69, 9.17) is 9.47 Å². The van der Waals surface area contributed by atoms with E-state index in [2.05, 4.69) is 4.99 Å². The van der Waals surface area contributed by atoms with Crippen molar-refractivity contribution in [2.45, 2.75) is 13.5 Å². The summed E-state index contributed by atoms with van der Waals surface area (Å²) in [7, 11) is 0. The monoisotopic (exact) mass is 414 g/mol. The maximum atomic E-state index is 12.3. The molecule has 4 rings (SSSR count). The molecule has 154 valence electrons. The number of aryl methyl sites for hydroxylation is 1. The highest BCUT2D eigenvalue weighted by atomic mass is 16.6. The number of carbonyl (C=O) groups is 1. The highest BCUT2D eigenvalue weighted by molar-refractivity contribution is 6.13. The third kappa shape index (κ3) is 4.67. The summed E-state index contributed by atoms with van der Waals surface area (Å²) in [5.41, 5.74) is 3.45. The van der Waals surface area contributed by atoms with Gasteiger partial charge in [0.25, 0.3) is 5.69 Å². The van der Waals surface area contributed by atoms with Gasteiger partial charge in [0.2, 0.25) is 5.90 Å². The number of cyclic esters (lactones) is 1. The van der Waals surface area contributed by atoms with Crippen LogP contribution < -0.4 is 4.74 Å². The molecule has 0 radical (unpaired) electrons. The van der Waals surface area contributed by atoms with E-state index in [1.54, 1.807) is 6.08 Å². The molecule has 0 fully saturated rings. The molecule has 0 unspecified atom stereocenters. The number of ether oxygens (including phenoxy) is 2. The molecule has 0 amide bonds. The van der Waals surface area contributed by atoms with Crippen molar-refractivity contribution < 1.29 is 19.2 Å². The molecule has 1 aliphatic heterocycles. The van der Waals surface area contributed by atoms with Crippen molar-refractivity contribution in [2.24, 2.45) is 4.99 Å². The molecular weight excluding hydrogens is 396 g/mol. The lowest BCUT2D eigenvalue weighted by atomic mass is 10.1. The SMILES string of the molecule is Cc1ccc(COc2ccccc2/C=C2\N=C(c3ccc([N+](=O)[O-])cc3)OC2=O)cc1. The fraction of sp³-hybridized carbons (Fsp3) is 0.0833. The van der Waals surface area contributed by atoms with Gasteiger partial charge in [-0.15, -0.1) is 0 Å². The Morgan fingerprint density at radius 3 is 2.45 bits per heavy atom. The number of benzene rings is 3. The lowest BCUT2D eigenvalue weighted by Crippen LogP contribution is -2.05. The second-order valence-corrected chi connectivity index (χ2v) is 6.95. The second-order valence-electron chi connectivity index (χ2n) is 6.95. The van der Waals surface area contributed by atoms with E-state index in [0.717, 1.165) is 5.56 Å². The van der Waals surface area contributed by atoms with E-state index in [-0.39, 0.29) is 17.3 Å². The Bertz CT molecular complexity index is 1200. The predicted molar refractivity (Wildman–Crippen MR) is 116 cm³/mol. The summed E-state index contributed by atoms with van der Waals surface area (Å²) < 4.78 is 11.2. The Balaban J connectivity index is 1.55. The summed E-state index contributed by atoms with van der Waals surface area (Å²) in [6, 6.07) is 21.0. The lowest BCUT2D eigenvalue weighted by Gasteiger charge is -2.09. The number of esters is 1. The fourth-order valence-corrected chi connectivity index (χ4v) is 2.98. The van der Waals surface area contributed by atoms with Crippen LogP contribution in [0.3, 0.4) is 0 Å². The largest absolute Gasteiger partial charge is 0.488 e. The number of non-ortho nitro benzene ring substituents is 1. The molecule has 3 aromatic carbocycles. The minimum atomic E-state index is -0.596. The van der Waals surface area contributed by atoms with E-state index in [1.807, 2.05) is 55.5 Å². The number of aliphatic imine (C=N–C) groups is 1. The molecule has 0 N–H and O–H groups in total. The number of carbonyl (C=O) groups excluding carboxylic acids is 1. The number of hydrogen-bond donors (Lipinski definition) is 0. The minimum absolute atomic E-state index is 0.0518. The third-order valence-corrected chi connectivity index (χ3v) is 4.67. The average Bonchev–Trinajstić information content (AvgIpc) is 3.14. The standard InChI is InChI=1S/C24H18N2O5/c1-16-6-8-17(9-7-16)15-30-22-5-3-2-4-19(22)14-21-24(27)31-23(25-21)18-10-12-20(13-11-18)26(28)29/h2-14H,15H2,1H3/b21-14-. The van der Waals surface area contributed by atoms with Crippen LogP contribution in [-0.4, -0.2) is 16.8 Å². The Kier molecular flexibility index (Phi) is 5.57. The Morgan fingerprint density at radius 2 is 1.74 bits per heavy atom. The third-order valence-electron chi connectivity index (χ3n) is 4.67. The molecule has 7 nitrogen and oxygen atoms in total. The first-order valence-electron chi connectivity index (χ1n) is 9.54. The van der Waals surface area contributed by atoms with Crippen LogP contribution in [-0.2, 0) is 16.1 Å². The van der Waals surface area contributed by atoms with E-state index in [1.165, 1.54) is 29.8 Å². The number of hydrogen-bond acceptors (Lipinski definition) is 6. The average molecular weight is 414 g/mol. The van der Waals surface area contributed by atoms with E-state index < -0.39 is 10.9 Å². The normalized spacial score (nSPS) is 14.3. The van der Waals surface area contributed by atoms with Crippen molar-refractivity contribution >= 4 is 23.6 Å². The lowest BCUT2D eigenvalue weighted by molar-refractivity contribution is -0.384. The molecule has 31 heavy (non-hydrogen) atoms. The summed E-state index contributed by atoms with van der Waals surface area (Å²) in [6.07, 6.45) is 1.60. The van der Waals surface area contributed by atoms with Gasteiger partial charge in [-0.25, -0.2) is 9.79 Å². The van der Waals surface area contributed by atoms with Crippen molar-refractivity contribution in [3.63, 3.8) is 0 Å². The number of nitrogens with zero attached hydrogens (tertiary/aromatic N) is 2. The molecule has 1 heterocycles. The summed E-state index contributed by atoms with van der Waals surface area (Å²) >= 11 is 0. The van der Waals surface area contributed by atoms with E-state index >= 15 is 0 Å². The summed E-state index contributed by atoms with van der Waals surface area (Å²) in [5, 5.41) is 10.8. The number of nitro groups is 1. The number of rotatable bonds is 6. The highest BCUT2D eigenvalue weighted by Crippen LogP contribution is 2.26. The smallest absolute Gasteiger partial charge is 0.363 e. The van der Waals surface area contributed by atoms with Crippen LogP contribution in [0.25, 0.3) is 6.08 Å². The molecule has 0 atom stereocenters. The quantitative estimate of drug-likeness (QED) is 0.249. The van der Waals surface area contributed by atoms with Gasteiger partial charge in [0.15, 0.2) is 5.70 Å². The predicted octanol–water partition coefficient (Wildman–Crippen LogP) is 4.83. The zero-order valence-corrected chi connectivity index (χ0v) is 16.6. The van der Waals surface area contributed by atoms with Crippen molar-refractivity contribution in [1.82, 2.24) is 0 Å². The van der Waals surface area contributed by atoms with E-state index in [9.17, 15) is 14.9 Å². The first-order valence-corrected chi connectivity index (χ1v) is 9.54. The Morgan fingerprint density at radius 1 is 1.03 bits per heavy atom. The topological polar surface area (TPSA) is 91.0 Å². The molecule has 0 bridgehead atoms. The maximum absolute atomic E-state index is 12.3. The van der Waals surface area contributed by atoms with Gasteiger partial charge in [-0.05, 0) is 36.8 Å². The Labute approximate surface area is 178 Å². The van der Waals surface area contributed by atoms with Crippen LogP contribution in [0.2, 0.25) is 0 Å². The molecule has 0 spiro atoms. The molecule has 0 saturated heterocycles. The number of para-hydroxylation sites is 1. The first kappa shape index (κ1) is 20.0. The van der Waals surface area contributed by atoms with Crippen molar-refractivity contribution in [3.8, 4) is 5.75 Å². The zero-order valence-electron chi connectivity index (χ0n) is 16.6. The Hall–Kier alpha value is -4.26. The van der Waals surface area contributed by atoms with Gasteiger partial charge >= 0.3 is 5.97 Å². The first-order chi connectivity index (χ1) is 15.0. The summed E-state index contributed by atoms with van der Waals surface area (Å²) in [6.45, 7) is 2.42. The van der Waals surface area contributed by atoms with Gasteiger partial charge in [0.1, 0.15) is 12.4 Å². The van der Waals surface area contributed by atoms with Gasteiger partial charge in [0.05, 0.1) is 4.92 Å². The van der Waals surface area contributed by atoms with Gasteiger partial charge in [-0.2, -0.15) is 0 Å². The fourth-order valence-electron chi connectivity index (χ4n) is 2.98. The van der Waals surface area contributed by atoms with Crippen LogP contribution in [0.4, 0.5) is 5.69 Å². The molecule has 0 aromatic heterocycles. The molecule has 0 aliphatic carbocycles. The molecule has 7 heteroatoms. The molecular formula is C24H18N2O5. The van der Waals surface area contributed by atoms with Gasteiger partial charge in [0, 0.05) is 23.3 Å². The highest BCUT2D eigenvalue weighted by Gasteiger charge is 2.25. The molecule has 0 saturated carbocycles. The molecule has 3 aromatic rings. The van der Waals surface area contributed by atoms with Gasteiger partial charge in [-0.1, -0.05) is 48.0 Å². The van der Waals surface area contributed by atoms with Crippen molar-refractivity contribution in [2.75, 3.05) is 0 Å². The zero-order chi connectivity index (χ0) is 21.8. The second kappa shape index (κ2) is 8.62. The summed E-state index contributed by atoms with van der Waals surface area (Å²) in [5.74, 6) is 0.119. The van der Waals surface area contributed by atoms with Crippen LogP contribution in [0.1, 0.15) is 22.3 Å². The summed E-state index contributed by atoms with van der Waals surface area (Å²) in [4.78, 5) is 26.9. The molecule has 1 aliphatic rings. The number of nitro benzene ring substituents is 1. The van der Waals surface area contributed by atoms with Gasteiger partial charge < -0.3 is 9.47 Å². The van der Waals surface area contributed by atoms with Crippen molar-refractivity contribution in [3.05, 3.63) is 111 Å². The van der Waals surface area contributed by atoms with E-state index in [0.29, 0.717) is 23.5 Å². The van der Waals surface area contributed by atoms with Crippen LogP contribution in [0.15, 0.2) is 83.5 Å².